The summed E-state index contributed by atoms with van der Waals surface area (Å²) in [6.07, 6.45) is 6.35. The van der Waals surface area contributed by atoms with Crippen LogP contribution in [0.15, 0.2) is 0 Å². The van der Waals surface area contributed by atoms with Gasteiger partial charge in [0.1, 0.15) is 0 Å². The summed E-state index contributed by atoms with van der Waals surface area (Å²) in [6, 6.07) is 0. The number of ether oxygens (including phenoxy) is 3. The summed E-state index contributed by atoms with van der Waals surface area (Å²) >= 11 is 4.60. The Morgan fingerprint density at radius 2 is 1.76 bits per heavy atom. The van der Waals surface area contributed by atoms with Crippen LogP contribution in [0.5, 0.6) is 0 Å². The third-order valence-electron chi connectivity index (χ3n) is 3.00. The summed E-state index contributed by atoms with van der Waals surface area (Å²) in [4.78, 5) is 0. The maximum Gasteiger partial charge on any atom is 0.282 e. The molecule has 1 unspecified atom stereocenters. The monoisotopic (exact) mass is 262 g/mol. The first-order valence-corrected chi connectivity index (χ1v) is 7.34. The molecule has 0 radical (unpaired) electrons. The molecule has 102 valence electrons. The molecule has 1 aliphatic rings. The lowest BCUT2D eigenvalue weighted by Gasteiger charge is -2.33. The van der Waals surface area contributed by atoms with Crippen molar-refractivity contribution >= 4 is 12.6 Å². The quantitative estimate of drug-likeness (QED) is 0.622. The lowest BCUT2D eigenvalue weighted by atomic mass is 10.1. The molecule has 0 aromatic heterocycles. The Hall–Kier alpha value is 0.230. The van der Waals surface area contributed by atoms with Gasteiger partial charge in [0.05, 0.1) is 6.61 Å². The number of thiol groups is 1. The average molecular weight is 262 g/mol. The molecule has 4 heteroatoms. The summed E-state index contributed by atoms with van der Waals surface area (Å²) in [5, 5.41) is 0.508. The number of hydrogen-bond acceptors (Lipinski definition) is 4. The van der Waals surface area contributed by atoms with Crippen molar-refractivity contribution in [2.24, 2.45) is 0 Å². The summed E-state index contributed by atoms with van der Waals surface area (Å²) in [6.45, 7) is 5.89. The van der Waals surface area contributed by atoms with Crippen LogP contribution in [0.2, 0.25) is 0 Å². The molecule has 0 saturated carbocycles. The van der Waals surface area contributed by atoms with Crippen LogP contribution in [-0.2, 0) is 14.2 Å². The van der Waals surface area contributed by atoms with E-state index in [1.165, 1.54) is 12.8 Å². The van der Waals surface area contributed by atoms with E-state index in [0.717, 1.165) is 25.7 Å². The van der Waals surface area contributed by atoms with Gasteiger partial charge in [-0.25, -0.2) is 0 Å². The fourth-order valence-electron chi connectivity index (χ4n) is 2.19. The van der Waals surface area contributed by atoms with Crippen LogP contribution in [0.1, 0.15) is 52.4 Å². The maximum absolute atomic E-state index is 5.85. The van der Waals surface area contributed by atoms with Crippen molar-refractivity contribution in [2.75, 3.05) is 19.8 Å². The Balaban J connectivity index is 2.57. The van der Waals surface area contributed by atoms with Crippen molar-refractivity contribution in [3.8, 4) is 0 Å². The molecule has 0 aliphatic carbocycles. The summed E-state index contributed by atoms with van der Waals surface area (Å²) in [7, 11) is 0. The molecule has 0 spiro atoms. The van der Waals surface area contributed by atoms with Gasteiger partial charge in [-0.1, -0.05) is 6.42 Å². The molecule has 1 saturated heterocycles. The molecule has 1 rings (SSSR count). The average Bonchev–Trinajstić information content (AvgIpc) is 2.29. The Morgan fingerprint density at radius 3 is 2.41 bits per heavy atom. The van der Waals surface area contributed by atoms with E-state index in [2.05, 4.69) is 12.6 Å². The predicted octanol–water partition coefficient (Wildman–Crippen LogP) is 3.38. The van der Waals surface area contributed by atoms with Crippen LogP contribution in [0.3, 0.4) is 0 Å². The lowest BCUT2D eigenvalue weighted by molar-refractivity contribution is -0.381. The van der Waals surface area contributed by atoms with Gasteiger partial charge in [0.25, 0.3) is 5.97 Å². The van der Waals surface area contributed by atoms with E-state index in [1.54, 1.807) is 0 Å². The van der Waals surface area contributed by atoms with Crippen molar-refractivity contribution < 1.29 is 14.2 Å². The van der Waals surface area contributed by atoms with E-state index in [-0.39, 0.29) is 0 Å². The third-order valence-corrected chi connectivity index (χ3v) is 3.52. The Bertz CT molecular complexity index is 193. The first-order valence-electron chi connectivity index (χ1n) is 6.82. The minimum atomic E-state index is -0.811. The van der Waals surface area contributed by atoms with Crippen LogP contribution < -0.4 is 0 Å². The third kappa shape index (κ3) is 5.60. The van der Waals surface area contributed by atoms with Gasteiger partial charge >= 0.3 is 0 Å². The first-order chi connectivity index (χ1) is 8.22. The van der Waals surface area contributed by atoms with Gasteiger partial charge in [-0.2, -0.15) is 12.6 Å². The molecule has 0 amide bonds. The van der Waals surface area contributed by atoms with Gasteiger partial charge in [0.15, 0.2) is 0 Å². The Kier molecular flexibility index (Phi) is 7.51. The highest BCUT2D eigenvalue weighted by molar-refractivity contribution is 7.80. The van der Waals surface area contributed by atoms with E-state index >= 15 is 0 Å². The molecule has 1 fully saturated rings. The number of hydrogen-bond donors (Lipinski definition) is 1. The van der Waals surface area contributed by atoms with Crippen LogP contribution in [0, 0.1) is 0 Å². The molecule has 1 aliphatic heterocycles. The predicted molar refractivity (Wildman–Crippen MR) is 72.4 cm³/mol. The van der Waals surface area contributed by atoms with Gasteiger partial charge < -0.3 is 14.2 Å². The lowest BCUT2D eigenvalue weighted by Crippen LogP contribution is -2.40. The number of rotatable bonds is 4. The molecule has 1 atom stereocenters. The first kappa shape index (κ1) is 15.3. The van der Waals surface area contributed by atoms with Crippen LogP contribution in [0.4, 0.5) is 0 Å². The minimum Gasteiger partial charge on any atom is -0.328 e. The second-order valence-corrected chi connectivity index (χ2v) is 5.17. The second kappa shape index (κ2) is 8.35. The molecular weight excluding hydrogens is 236 g/mol. The Morgan fingerprint density at radius 1 is 1.12 bits per heavy atom. The van der Waals surface area contributed by atoms with E-state index in [0.29, 0.717) is 25.1 Å². The van der Waals surface area contributed by atoms with Gasteiger partial charge in [0.2, 0.25) is 0 Å². The van der Waals surface area contributed by atoms with Crippen LogP contribution in [0.25, 0.3) is 0 Å². The van der Waals surface area contributed by atoms with Gasteiger partial charge in [-0.3, -0.25) is 0 Å². The van der Waals surface area contributed by atoms with Crippen molar-refractivity contribution in [1.29, 1.82) is 0 Å². The van der Waals surface area contributed by atoms with Gasteiger partial charge in [-0.05, 0) is 39.5 Å². The summed E-state index contributed by atoms with van der Waals surface area (Å²) in [5.74, 6) is -0.811. The molecule has 0 N–H and O–H groups in total. The second-order valence-electron chi connectivity index (χ2n) is 4.44. The minimum absolute atomic E-state index is 0.508. The van der Waals surface area contributed by atoms with Gasteiger partial charge in [-0.15, -0.1) is 0 Å². The zero-order valence-electron chi connectivity index (χ0n) is 11.1. The summed E-state index contributed by atoms with van der Waals surface area (Å²) in [5.41, 5.74) is 0. The van der Waals surface area contributed by atoms with Crippen molar-refractivity contribution in [1.82, 2.24) is 0 Å². The maximum atomic E-state index is 5.85. The highest BCUT2D eigenvalue weighted by Gasteiger charge is 2.32. The SMILES string of the molecule is CCOC1(OCC)CCCC(S)CCCCO1. The Labute approximate surface area is 111 Å². The van der Waals surface area contributed by atoms with Crippen molar-refractivity contribution in [2.45, 2.75) is 63.6 Å². The molecule has 1 heterocycles. The molecule has 0 aromatic rings. The van der Waals surface area contributed by atoms with Crippen molar-refractivity contribution in [3.05, 3.63) is 0 Å². The smallest absolute Gasteiger partial charge is 0.282 e. The normalized spacial score (nSPS) is 26.6. The topological polar surface area (TPSA) is 27.7 Å². The molecule has 17 heavy (non-hydrogen) atoms. The van der Waals surface area contributed by atoms with E-state index in [4.69, 9.17) is 14.2 Å². The van der Waals surface area contributed by atoms with E-state index in [1.807, 2.05) is 13.8 Å². The molecular formula is C13H26O3S. The van der Waals surface area contributed by atoms with E-state index < -0.39 is 5.97 Å². The zero-order valence-corrected chi connectivity index (χ0v) is 12.0. The highest BCUT2D eigenvalue weighted by Crippen LogP contribution is 2.27. The largest absolute Gasteiger partial charge is 0.328 e. The standard InChI is InChI=1S/C13H26O3S/c1-3-14-13(15-4-2)10-7-9-12(17)8-5-6-11-16-13/h12,17H,3-11H2,1-2H3. The fourth-order valence-corrected chi connectivity index (χ4v) is 2.55. The fraction of sp³-hybridized carbons (Fsp3) is 1.00. The highest BCUT2D eigenvalue weighted by atomic mass is 32.1. The van der Waals surface area contributed by atoms with Crippen LogP contribution in [-0.4, -0.2) is 31.0 Å². The van der Waals surface area contributed by atoms with Crippen molar-refractivity contribution in [3.63, 3.8) is 0 Å². The van der Waals surface area contributed by atoms with Gasteiger partial charge in [0, 0.05) is 24.9 Å². The molecule has 0 aromatic carbocycles. The summed E-state index contributed by atoms with van der Waals surface area (Å²) < 4.78 is 17.3. The van der Waals surface area contributed by atoms with Crippen LogP contribution >= 0.6 is 12.6 Å². The molecule has 0 bridgehead atoms. The molecule has 3 nitrogen and oxygen atoms in total. The zero-order chi connectivity index (χ0) is 12.6. The van der Waals surface area contributed by atoms with E-state index in [9.17, 15) is 0 Å².